The van der Waals surface area contributed by atoms with Gasteiger partial charge in [-0.1, -0.05) is 0 Å². The fraction of sp³-hybridized carbons (Fsp3) is 0.400. The summed E-state index contributed by atoms with van der Waals surface area (Å²) in [6.07, 6.45) is 1.82. The quantitative estimate of drug-likeness (QED) is 0.708. The molecule has 2 N–H and O–H groups in total. The number of carbonyl (C=O) groups excluding carboxylic acids is 3. The molecule has 29 heavy (non-hydrogen) atoms. The number of aromatic nitrogens is 1. The summed E-state index contributed by atoms with van der Waals surface area (Å²) >= 11 is 1.34. The highest BCUT2D eigenvalue weighted by Gasteiger charge is 2.56. The van der Waals surface area contributed by atoms with Crippen LogP contribution in [0.3, 0.4) is 0 Å². The number of hydrogen-bond acceptors (Lipinski definition) is 6. The first-order valence-corrected chi connectivity index (χ1v) is 10.2. The summed E-state index contributed by atoms with van der Waals surface area (Å²) in [7, 11) is 1.61. The Labute approximate surface area is 172 Å². The van der Waals surface area contributed by atoms with Crippen LogP contribution in [0.4, 0.5) is 9.93 Å². The third-order valence-corrected chi connectivity index (χ3v) is 6.29. The van der Waals surface area contributed by atoms with Crippen LogP contribution in [0.1, 0.15) is 24.6 Å². The van der Waals surface area contributed by atoms with E-state index in [1.807, 2.05) is 31.2 Å². The van der Waals surface area contributed by atoms with Crippen molar-refractivity contribution in [2.24, 2.45) is 5.92 Å². The molecule has 0 spiro atoms. The van der Waals surface area contributed by atoms with Gasteiger partial charge in [0, 0.05) is 10.4 Å². The minimum atomic E-state index is -0.892. The molecule has 0 radical (unpaired) electrons. The monoisotopic (exact) mass is 414 g/mol. The fourth-order valence-corrected chi connectivity index (χ4v) is 4.42. The third-order valence-electron chi connectivity index (χ3n) is 5.40. The predicted molar refractivity (Wildman–Crippen MR) is 109 cm³/mol. The highest BCUT2D eigenvalue weighted by Crippen LogP contribution is 2.42. The van der Waals surface area contributed by atoms with E-state index in [4.69, 9.17) is 4.74 Å². The second kappa shape index (κ2) is 7.14. The SMILES string of the molecule is COc1ccc(-c2nc(NC(=O)CN3C(=O)NC(C)(C4CC4)C3=O)sc2C)cc1. The van der Waals surface area contributed by atoms with Gasteiger partial charge in [-0.15, -0.1) is 11.3 Å². The lowest BCUT2D eigenvalue weighted by Gasteiger charge is -2.20. The number of amides is 4. The summed E-state index contributed by atoms with van der Waals surface area (Å²) in [6.45, 7) is 3.32. The number of anilines is 1. The van der Waals surface area contributed by atoms with Gasteiger partial charge in [-0.25, -0.2) is 9.78 Å². The molecule has 2 fully saturated rings. The fourth-order valence-electron chi connectivity index (χ4n) is 3.57. The Morgan fingerprint density at radius 1 is 1.34 bits per heavy atom. The number of nitrogens with zero attached hydrogens (tertiary/aromatic N) is 2. The zero-order valence-electron chi connectivity index (χ0n) is 16.4. The minimum Gasteiger partial charge on any atom is -0.497 e. The Morgan fingerprint density at radius 2 is 2.03 bits per heavy atom. The molecule has 4 amide bonds. The Balaban J connectivity index is 1.44. The number of aryl methyl sites for hydroxylation is 1. The van der Waals surface area contributed by atoms with E-state index in [2.05, 4.69) is 15.6 Å². The average Bonchev–Trinajstić information content (AvgIpc) is 3.46. The molecule has 2 aromatic rings. The van der Waals surface area contributed by atoms with Gasteiger partial charge in [-0.3, -0.25) is 14.5 Å². The van der Waals surface area contributed by atoms with Crippen molar-refractivity contribution < 1.29 is 19.1 Å². The summed E-state index contributed by atoms with van der Waals surface area (Å²) in [5.74, 6) is 0.112. The number of nitrogens with one attached hydrogen (secondary N) is 2. The highest BCUT2D eigenvalue weighted by molar-refractivity contribution is 7.16. The Kier molecular flexibility index (Phi) is 4.77. The standard InChI is InChI=1S/C20H22N4O4S/c1-11-16(12-4-8-14(28-3)9-5-12)22-18(29-11)21-15(25)10-24-17(26)20(2,13-6-7-13)23-19(24)27/h4-5,8-9,13H,6-7,10H2,1-3H3,(H,23,27)(H,21,22,25). The van der Waals surface area contributed by atoms with E-state index in [1.54, 1.807) is 14.0 Å². The van der Waals surface area contributed by atoms with E-state index >= 15 is 0 Å². The molecule has 1 aromatic heterocycles. The normalized spacial score (nSPS) is 21.3. The Morgan fingerprint density at radius 3 is 2.66 bits per heavy atom. The molecule has 1 aliphatic heterocycles. The van der Waals surface area contributed by atoms with Crippen LogP contribution in [0, 0.1) is 12.8 Å². The van der Waals surface area contributed by atoms with Crippen LogP contribution in [0.25, 0.3) is 11.3 Å². The number of urea groups is 1. The molecule has 9 heteroatoms. The Hall–Kier alpha value is -2.94. The van der Waals surface area contributed by atoms with Gasteiger partial charge in [0.2, 0.25) is 5.91 Å². The van der Waals surface area contributed by atoms with Gasteiger partial charge >= 0.3 is 6.03 Å². The maximum absolute atomic E-state index is 12.6. The molecule has 0 bridgehead atoms. The number of carbonyl (C=O) groups is 3. The summed E-state index contributed by atoms with van der Waals surface area (Å²) in [4.78, 5) is 43.7. The van der Waals surface area contributed by atoms with Crippen molar-refractivity contribution in [2.45, 2.75) is 32.2 Å². The Bertz CT molecular complexity index is 983. The average molecular weight is 414 g/mol. The summed E-state index contributed by atoms with van der Waals surface area (Å²) in [5, 5.41) is 5.87. The van der Waals surface area contributed by atoms with Crippen LogP contribution in [-0.4, -0.2) is 46.9 Å². The number of ether oxygens (including phenoxy) is 1. The van der Waals surface area contributed by atoms with Crippen LogP contribution in [0.5, 0.6) is 5.75 Å². The van der Waals surface area contributed by atoms with Gasteiger partial charge in [-0.2, -0.15) is 0 Å². The van der Waals surface area contributed by atoms with Gasteiger partial charge in [0.25, 0.3) is 5.91 Å². The summed E-state index contributed by atoms with van der Waals surface area (Å²) in [5.41, 5.74) is 0.787. The van der Waals surface area contributed by atoms with E-state index in [-0.39, 0.29) is 18.4 Å². The molecule has 1 aliphatic carbocycles. The maximum Gasteiger partial charge on any atom is 0.325 e. The molecule has 4 rings (SSSR count). The molecule has 1 unspecified atom stereocenters. The first-order chi connectivity index (χ1) is 13.8. The molecule has 1 saturated heterocycles. The second-order valence-corrected chi connectivity index (χ2v) is 8.70. The van der Waals surface area contributed by atoms with Gasteiger partial charge in [0.1, 0.15) is 17.8 Å². The van der Waals surface area contributed by atoms with Crippen LogP contribution < -0.4 is 15.4 Å². The summed E-state index contributed by atoms with van der Waals surface area (Å²) < 4.78 is 5.17. The second-order valence-electron chi connectivity index (χ2n) is 7.50. The van der Waals surface area contributed by atoms with E-state index in [0.717, 1.165) is 39.6 Å². The molecular formula is C20H22N4O4S. The highest BCUT2D eigenvalue weighted by atomic mass is 32.1. The molecule has 1 aromatic carbocycles. The van der Waals surface area contributed by atoms with E-state index in [0.29, 0.717) is 5.13 Å². The van der Waals surface area contributed by atoms with Crippen LogP contribution in [0.2, 0.25) is 0 Å². The van der Waals surface area contributed by atoms with E-state index < -0.39 is 17.5 Å². The molecule has 152 valence electrons. The van der Waals surface area contributed by atoms with Crippen molar-refractivity contribution >= 4 is 34.3 Å². The zero-order valence-corrected chi connectivity index (χ0v) is 17.3. The number of hydrogen-bond donors (Lipinski definition) is 2. The lowest BCUT2D eigenvalue weighted by Crippen LogP contribution is -2.46. The van der Waals surface area contributed by atoms with E-state index in [1.165, 1.54) is 11.3 Å². The van der Waals surface area contributed by atoms with Gasteiger partial charge in [0.15, 0.2) is 5.13 Å². The molecular weight excluding hydrogens is 392 g/mol. The van der Waals surface area contributed by atoms with Crippen molar-refractivity contribution in [3.63, 3.8) is 0 Å². The van der Waals surface area contributed by atoms with Crippen molar-refractivity contribution in [3.8, 4) is 17.0 Å². The number of methoxy groups -OCH3 is 1. The van der Waals surface area contributed by atoms with Crippen LogP contribution in [-0.2, 0) is 9.59 Å². The molecule has 1 saturated carbocycles. The van der Waals surface area contributed by atoms with Crippen LogP contribution >= 0.6 is 11.3 Å². The molecule has 8 nitrogen and oxygen atoms in total. The lowest BCUT2D eigenvalue weighted by molar-refractivity contribution is -0.134. The largest absolute Gasteiger partial charge is 0.497 e. The smallest absolute Gasteiger partial charge is 0.325 e. The lowest BCUT2D eigenvalue weighted by atomic mass is 9.96. The van der Waals surface area contributed by atoms with Crippen molar-refractivity contribution in [3.05, 3.63) is 29.1 Å². The van der Waals surface area contributed by atoms with Gasteiger partial charge in [-0.05, 0) is 56.9 Å². The van der Waals surface area contributed by atoms with Crippen molar-refractivity contribution in [2.75, 3.05) is 19.0 Å². The number of rotatable bonds is 6. The van der Waals surface area contributed by atoms with E-state index in [9.17, 15) is 14.4 Å². The number of thiazole rings is 1. The third kappa shape index (κ3) is 3.57. The molecule has 1 atom stereocenters. The molecule has 2 aliphatic rings. The first-order valence-electron chi connectivity index (χ1n) is 9.37. The van der Waals surface area contributed by atoms with Crippen LogP contribution in [0.15, 0.2) is 24.3 Å². The van der Waals surface area contributed by atoms with Gasteiger partial charge < -0.3 is 15.4 Å². The number of imide groups is 1. The minimum absolute atomic E-state index is 0.153. The van der Waals surface area contributed by atoms with Crippen molar-refractivity contribution in [1.82, 2.24) is 15.2 Å². The predicted octanol–water partition coefficient (Wildman–Crippen LogP) is 2.79. The first kappa shape index (κ1) is 19.4. The molecule has 2 heterocycles. The summed E-state index contributed by atoms with van der Waals surface area (Å²) in [6, 6.07) is 6.98. The van der Waals surface area contributed by atoms with Gasteiger partial charge in [0.05, 0.1) is 12.8 Å². The topological polar surface area (TPSA) is 101 Å². The number of benzene rings is 1. The maximum atomic E-state index is 12.6. The zero-order chi connectivity index (χ0) is 20.8. The van der Waals surface area contributed by atoms with Crippen molar-refractivity contribution in [1.29, 1.82) is 0 Å².